The van der Waals surface area contributed by atoms with Gasteiger partial charge in [-0.25, -0.2) is 0 Å². The van der Waals surface area contributed by atoms with Crippen LogP contribution >= 0.6 is 0 Å². The third-order valence-electron chi connectivity index (χ3n) is 3.27. The first-order valence-electron chi connectivity index (χ1n) is 6.23. The highest BCUT2D eigenvalue weighted by atomic mass is 16.1. The number of aromatic nitrogens is 4. The molecular weight excluding hydrogens is 252 g/mol. The van der Waals surface area contributed by atoms with E-state index in [0.29, 0.717) is 11.4 Å². The number of nitrogens with zero attached hydrogens (tertiary/aromatic N) is 2. The topological polar surface area (TPSA) is 74.4 Å². The third-order valence-corrected chi connectivity index (χ3v) is 3.27. The predicted molar refractivity (Wildman–Crippen MR) is 75.6 cm³/mol. The van der Waals surface area contributed by atoms with Crippen molar-refractivity contribution in [2.24, 2.45) is 0 Å². The van der Waals surface area contributed by atoms with Gasteiger partial charge < -0.3 is 9.97 Å². The molecule has 0 saturated heterocycles. The number of rotatable bonds is 2. The zero-order chi connectivity index (χ0) is 13.5. The Labute approximate surface area is 113 Å². The van der Waals surface area contributed by atoms with Gasteiger partial charge in [-0.1, -0.05) is 0 Å². The van der Waals surface area contributed by atoms with E-state index >= 15 is 0 Å². The van der Waals surface area contributed by atoms with Crippen LogP contribution in [0.1, 0.15) is 16.2 Å². The van der Waals surface area contributed by atoms with E-state index in [-0.39, 0.29) is 5.78 Å². The molecule has 20 heavy (non-hydrogen) atoms. The van der Waals surface area contributed by atoms with Crippen LogP contribution in [0.25, 0.3) is 22.1 Å². The van der Waals surface area contributed by atoms with Gasteiger partial charge in [0.05, 0.1) is 33.5 Å². The number of aromatic amines is 2. The highest BCUT2D eigenvalue weighted by Crippen LogP contribution is 2.18. The minimum Gasteiger partial charge on any atom is -0.350 e. The summed E-state index contributed by atoms with van der Waals surface area (Å²) in [6, 6.07) is 11.0. The fraction of sp³-hybridized carbons (Fsp3) is 0. The summed E-state index contributed by atoms with van der Waals surface area (Å²) in [4.78, 5) is 27.1. The summed E-state index contributed by atoms with van der Waals surface area (Å²) in [5.41, 5.74) is 4.31. The molecule has 0 atom stereocenters. The molecule has 4 aromatic rings. The summed E-state index contributed by atoms with van der Waals surface area (Å²) in [7, 11) is 0. The van der Waals surface area contributed by atoms with Crippen molar-refractivity contribution in [1.29, 1.82) is 0 Å². The number of pyridine rings is 2. The van der Waals surface area contributed by atoms with Gasteiger partial charge in [-0.2, -0.15) is 0 Å². The highest BCUT2D eigenvalue weighted by molar-refractivity contribution is 6.10. The standard InChI is InChI=1S/C15H10N4O/c20-15(13-7-11-9(18-13)3-1-5-16-11)14-8-12-10(19-14)4-2-6-17-12/h1-8,18-19H. The van der Waals surface area contributed by atoms with Crippen LogP contribution in [0.2, 0.25) is 0 Å². The van der Waals surface area contributed by atoms with Crippen molar-refractivity contribution in [3.63, 3.8) is 0 Å². The summed E-state index contributed by atoms with van der Waals surface area (Å²) >= 11 is 0. The number of carbonyl (C=O) groups excluding carboxylic acids is 1. The molecule has 0 radical (unpaired) electrons. The minimum absolute atomic E-state index is 0.0963. The van der Waals surface area contributed by atoms with Gasteiger partial charge in [0.2, 0.25) is 5.78 Å². The lowest BCUT2D eigenvalue weighted by molar-refractivity contribution is 0.103. The van der Waals surface area contributed by atoms with Crippen LogP contribution in [0, 0.1) is 0 Å². The van der Waals surface area contributed by atoms with Crippen molar-refractivity contribution < 1.29 is 4.79 Å². The van der Waals surface area contributed by atoms with Crippen LogP contribution in [-0.2, 0) is 0 Å². The number of nitrogens with one attached hydrogen (secondary N) is 2. The Kier molecular flexibility index (Phi) is 2.20. The van der Waals surface area contributed by atoms with Gasteiger partial charge in [-0.05, 0) is 36.4 Å². The second-order valence-corrected chi connectivity index (χ2v) is 4.57. The molecule has 5 nitrogen and oxygen atoms in total. The first kappa shape index (κ1) is 10.9. The maximum Gasteiger partial charge on any atom is 0.225 e. The summed E-state index contributed by atoms with van der Waals surface area (Å²) in [6.45, 7) is 0. The third kappa shape index (κ3) is 1.60. The minimum atomic E-state index is -0.0963. The maximum atomic E-state index is 12.5. The lowest BCUT2D eigenvalue weighted by Crippen LogP contribution is -2.01. The Morgan fingerprint density at radius 1 is 0.850 bits per heavy atom. The fourth-order valence-electron chi connectivity index (χ4n) is 2.30. The number of ketones is 1. The van der Waals surface area contributed by atoms with Gasteiger partial charge >= 0.3 is 0 Å². The number of carbonyl (C=O) groups is 1. The van der Waals surface area contributed by atoms with Crippen LogP contribution in [0.5, 0.6) is 0 Å². The van der Waals surface area contributed by atoms with Gasteiger partial charge in [-0.3, -0.25) is 14.8 Å². The molecule has 0 aromatic carbocycles. The zero-order valence-electron chi connectivity index (χ0n) is 10.4. The Balaban J connectivity index is 1.82. The van der Waals surface area contributed by atoms with Crippen molar-refractivity contribution in [2.45, 2.75) is 0 Å². The monoisotopic (exact) mass is 262 g/mol. The highest BCUT2D eigenvalue weighted by Gasteiger charge is 2.15. The SMILES string of the molecule is O=C(c1cc2ncccc2[nH]1)c1cc2ncccc2[nH]1. The normalized spacial score (nSPS) is 11.2. The van der Waals surface area contributed by atoms with Crippen molar-refractivity contribution in [3.8, 4) is 0 Å². The van der Waals surface area contributed by atoms with Crippen LogP contribution in [0.4, 0.5) is 0 Å². The van der Waals surface area contributed by atoms with Crippen LogP contribution in [-0.4, -0.2) is 25.7 Å². The molecule has 0 amide bonds. The second kappa shape index (κ2) is 4.03. The molecule has 0 saturated carbocycles. The molecule has 0 fully saturated rings. The van der Waals surface area contributed by atoms with E-state index in [1.54, 1.807) is 24.5 Å². The summed E-state index contributed by atoms with van der Waals surface area (Å²) in [5.74, 6) is -0.0963. The molecular formula is C15H10N4O. The molecule has 5 heteroatoms. The van der Waals surface area contributed by atoms with Crippen LogP contribution in [0.3, 0.4) is 0 Å². The van der Waals surface area contributed by atoms with E-state index in [1.165, 1.54) is 0 Å². The summed E-state index contributed by atoms with van der Waals surface area (Å²) in [5, 5.41) is 0. The average Bonchev–Trinajstić information content (AvgIpc) is 3.10. The predicted octanol–water partition coefficient (Wildman–Crippen LogP) is 2.67. The maximum absolute atomic E-state index is 12.5. The Morgan fingerprint density at radius 2 is 1.35 bits per heavy atom. The number of H-pyrrole nitrogens is 2. The van der Waals surface area contributed by atoms with Gasteiger partial charge in [0.15, 0.2) is 0 Å². The molecule has 4 heterocycles. The molecule has 0 aliphatic heterocycles. The quantitative estimate of drug-likeness (QED) is 0.545. The number of fused-ring (bicyclic) bond motifs is 2. The van der Waals surface area contributed by atoms with Crippen molar-refractivity contribution >= 4 is 27.9 Å². The average molecular weight is 262 g/mol. The lowest BCUT2D eigenvalue weighted by Gasteiger charge is -1.92. The first-order valence-corrected chi connectivity index (χ1v) is 6.23. The van der Waals surface area contributed by atoms with Gasteiger partial charge in [0.1, 0.15) is 0 Å². The molecule has 0 aliphatic carbocycles. The van der Waals surface area contributed by atoms with E-state index in [2.05, 4.69) is 19.9 Å². The first-order chi connectivity index (χ1) is 9.81. The Bertz CT molecular complexity index is 793. The van der Waals surface area contributed by atoms with Crippen molar-refractivity contribution in [2.75, 3.05) is 0 Å². The second-order valence-electron chi connectivity index (χ2n) is 4.57. The Morgan fingerprint density at radius 3 is 1.80 bits per heavy atom. The largest absolute Gasteiger partial charge is 0.350 e. The van der Waals surface area contributed by atoms with Gasteiger partial charge in [-0.15, -0.1) is 0 Å². The molecule has 2 N–H and O–H groups in total. The zero-order valence-corrected chi connectivity index (χ0v) is 10.4. The van der Waals surface area contributed by atoms with E-state index in [4.69, 9.17) is 0 Å². The molecule has 0 spiro atoms. The molecule has 0 unspecified atom stereocenters. The molecule has 96 valence electrons. The van der Waals surface area contributed by atoms with Gasteiger partial charge in [0, 0.05) is 12.4 Å². The van der Waals surface area contributed by atoms with E-state index in [9.17, 15) is 4.79 Å². The molecule has 4 rings (SSSR count). The fourth-order valence-corrected chi connectivity index (χ4v) is 2.30. The summed E-state index contributed by atoms with van der Waals surface area (Å²) < 4.78 is 0. The number of hydrogen-bond acceptors (Lipinski definition) is 3. The van der Waals surface area contributed by atoms with Crippen molar-refractivity contribution in [3.05, 3.63) is 60.2 Å². The van der Waals surface area contributed by atoms with Gasteiger partial charge in [0.25, 0.3) is 0 Å². The molecule has 0 aliphatic rings. The molecule has 0 bridgehead atoms. The smallest absolute Gasteiger partial charge is 0.225 e. The van der Waals surface area contributed by atoms with Crippen LogP contribution in [0.15, 0.2) is 48.8 Å². The lowest BCUT2D eigenvalue weighted by atomic mass is 10.2. The van der Waals surface area contributed by atoms with E-state index < -0.39 is 0 Å². The molecule has 4 aromatic heterocycles. The van der Waals surface area contributed by atoms with Crippen LogP contribution < -0.4 is 0 Å². The Hall–Kier alpha value is -2.95. The van der Waals surface area contributed by atoms with Crippen molar-refractivity contribution in [1.82, 2.24) is 19.9 Å². The van der Waals surface area contributed by atoms with E-state index in [0.717, 1.165) is 22.1 Å². The van der Waals surface area contributed by atoms with E-state index in [1.807, 2.05) is 24.3 Å². The number of hydrogen-bond donors (Lipinski definition) is 2. The summed E-state index contributed by atoms with van der Waals surface area (Å²) in [6.07, 6.45) is 3.41.